The maximum atomic E-state index is 13.3. The largest absolute Gasteiger partial charge is 0.492 e. The SMILES string of the molecule is CCN(c1ccccc1)S(=O)(=O)c1cccc(C(=O)Nc2cccc(OCCn3cncn3)c2)c1. The van der Waals surface area contributed by atoms with Crippen LogP contribution in [0.15, 0.2) is 96.4 Å². The van der Waals surface area contributed by atoms with E-state index in [4.69, 9.17) is 4.74 Å². The molecule has 0 aliphatic carbocycles. The fourth-order valence-electron chi connectivity index (χ4n) is 3.48. The standard InChI is InChI=1S/C25H25N5O4S/c1-2-30(22-10-4-3-5-11-22)35(32,33)24-13-6-8-20(16-24)25(31)28-21-9-7-12-23(17-21)34-15-14-29-19-26-18-27-29/h3-13,16-19H,2,14-15H2,1H3,(H,28,31). The molecule has 0 radical (unpaired) electrons. The molecule has 0 fully saturated rings. The van der Waals surface area contributed by atoms with Crippen LogP contribution in [0.25, 0.3) is 0 Å². The van der Waals surface area contributed by atoms with E-state index >= 15 is 0 Å². The number of hydrogen-bond acceptors (Lipinski definition) is 6. The summed E-state index contributed by atoms with van der Waals surface area (Å²) in [5.41, 5.74) is 1.32. The first kappa shape index (κ1) is 24.0. The van der Waals surface area contributed by atoms with Crippen molar-refractivity contribution in [3.63, 3.8) is 0 Å². The highest BCUT2D eigenvalue weighted by atomic mass is 32.2. The van der Waals surface area contributed by atoms with Gasteiger partial charge in [0.2, 0.25) is 0 Å². The van der Waals surface area contributed by atoms with Gasteiger partial charge in [-0.05, 0) is 49.4 Å². The van der Waals surface area contributed by atoms with E-state index in [-0.39, 0.29) is 17.0 Å². The Hall–Kier alpha value is -4.18. The number of aromatic nitrogens is 3. The quantitative estimate of drug-likeness (QED) is 0.361. The molecule has 1 amide bonds. The summed E-state index contributed by atoms with van der Waals surface area (Å²) in [6.07, 6.45) is 3.06. The van der Waals surface area contributed by atoms with E-state index in [0.717, 1.165) is 0 Å². The first-order valence-electron chi connectivity index (χ1n) is 11.0. The Morgan fingerprint density at radius 3 is 2.57 bits per heavy atom. The second-order valence-electron chi connectivity index (χ2n) is 7.52. The summed E-state index contributed by atoms with van der Waals surface area (Å²) < 4.78 is 35.3. The van der Waals surface area contributed by atoms with Crippen molar-refractivity contribution in [2.24, 2.45) is 0 Å². The number of rotatable bonds is 10. The second kappa shape index (κ2) is 10.8. The van der Waals surface area contributed by atoms with E-state index in [0.29, 0.717) is 30.3 Å². The number of sulfonamides is 1. The number of benzene rings is 3. The van der Waals surface area contributed by atoms with E-state index in [1.807, 2.05) is 6.07 Å². The summed E-state index contributed by atoms with van der Waals surface area (Å²) >= 11 is 0. The fraction of sp³-hybridized carbons (Fsp3) is 0.160. The van der Waals surface area contributed by atoms with Crippen LogP contribution in [-0.2, 0) is 16.6 Å². The van der Waals surface area contributed by atoms with Gasteiger partial charge >= 0.3 is 0 Å². The first-order valence-corrected chi connectivity index (χ1v) is 12.5. The summed E-state index contributed by atoms with van der Waals surface area (Å²) in [4.78, 5) is 16.8. The van der Waals surface area contributed by atoms with Crippen molar-refractivity contribution in [2.75, 3.05) is 22.8 Å². The van der Waals surface area contributed by atoms with Crippen LogP contribution in [0.3, 0.4) is 0 Å². The van der Waals surface area contributed by atoms with Gasteiger partial charge in [-0.2, -0.15) is 5.10 Å². The summed E-state index contributed by atoms with van der Waals surface area (Å²) in [6.45, 7) is 2.94. The Morgan fingerprint density at radius 2 is 1.83 bits per heavy atom. The lowest BCUT2D eigenvalue weighted by Gasteiger charge is -2.23. The van der Waals surface area contributed by atoms with Crippen molar-refractivity contribution in [3.8, 4) is 5.75 Å². The minimum atomic E-state index is -3.85. The minimum absolute atomic E-state index is 0.0426. The zero-order valence-corrected chi connectivity index (χ0v) is 19.9. The average Bonchev–Trinajstić information content (AvgIpc) is 3.39. The average molecular weight is 492 g/mol. The highest BCUT2D eigenvalue weighted by molar-refractivity contribution is 7.92. The van der Waals surface area contributed by atoms with Crippen molar-refractivity contribution in [1.82, 2.24) is 14.8 Å². The number of nitrogens with one attached hydrogen (secondary N) is 1. The summed E-state index contributed by atoms with van der Waals surface area (Å²) in [5, 5.41) is 6.82. The molecular formula is C25H25N5O4S. The smallest absolute Gasteiger partial charge is 0.264 e. The van der Waals surface area contributed by atoms with E-state index in [1.165, 1.54) is 22.8 Å². The van der Waals surface area contributed by atoms with Crippen molar-refractivity contribution in [1.29, 1.82) is 0 Å². The lowest BCUT2D eigenvalue weighted by atomic mass is 10.2. The van der Waals surface area contributed by atoms with E-state index in [9.17, 15) is 13.2 Å². The molecule has 4 rings (SSSR count). The molecule has 180 valence electrons. The molecule has 0 saturated heterocycles. The van der Waals surface area contributed by atoms with Crippen molar-refractivity contribution in [3.05, 3.63) is 97.1 Å². The monoisotopic (exact) mass is 491 g/mol. The van der Waals surface area contributed by atoms with Crippen LogP contribution in [0.1, 0.15) is 17.3 Å². The van der Waals surface area contributed by atoms with Crippen LogP contribution in [-0.4, -0.2) is 42.2 Å². The highest BCUT2D eigenvalue weighted by Gasteiger charge is 2.24. The number of nitrogens with zero attached hydrogens (tertiary/aromatic N) is 4. The maximum Gasteiger partial charge on any atom is 0.264 e. The Balaban J connectivity index is 1.46. The Labute approximate surface area is 204 Å². The van der Waals surface area contributed by atoms with Crippen LogP contribution >= 0.6 is 0 Å². The topological polar surface area (TPSA) is 106 Å². The molecule has 35 heavy (non-hydrogen) atoms. The third-order valence-electron chi connectivity index (χ3n) is 5.16. The molecule has 0 aliphatic rings. The number of para-hydroxylation sites is 1. The first-order chi connectivity index (χ1) is 17.0. The van der Waals surface area contributed by atoms with Gasteiger partial charge in [0.25, 0.3) is 15.9 Å². The molecule has 1 heterocycles. The van der Waals surface area contributed by atoms with E-state index in [1.54, 1.807) is 78.6 Å². The van der Waals surface area contributed by atoms with Crippen LogP contribution < -0.4 is 14.4 Å². The molecule has 0 aliphatic heterocycles. The van der Waals surface area contributed by atoms with Gasteiger partial charge in [-0.1, -0.05) is 30.3 Å². The third kappa shape index (κ3) is 5.85. The van der Waals surface area contributed by atoms with Gasteiger partial charge in [-0.25, -0.2) is 18.1 Å². The van der Waals surface area contributed by atoms with Crippen LogP contribution in [0.2, 0.25) is 0 Å². The van der Waals surface area contributed by atoms with Crippen molar-refractivity contribution < 1.29 is 17.9 Å². The Bertz CT molecular complexity index is 1380. The van der Waals surface area contributed by atoms with Crippen molar-refractivity contribution >= 4 is 27.3 Å². The molecular weight excluding hydrogens is 466 g/mol. The number of carbonyl (C=O) groups is 1. The number of ether oxygens (including phenoxy) is 1. The normalized spacial score (nSPS) is 11.1. The maximum absolute atomic E-state index is 13.3. The highest BCUT2D eigenvalue weighted by Crippen LogP contribution is 2.24. The summed E-state index contributed by atoms with van der Waals surface area (Å²) in [5.74, 6) is 0.158. The van der Waals surface area contributed by atoms with Gasteiger partial charge in [0.1, 0.15) is 25.0 Å². The van der Waals surface area contributed by atoms with E-state index in [2.05, 4.69) is 15.4 Å². The van der Waals surface area contributed by atoms with Gasteiger partial charge < -0.3 is 10.1 Å². The van der Waals surface area contributed by atoms with E-state index < -0.39 is 15.9 Å². The molecule has 0 saturated carbocycles. The molecule has 1 aromatic heterocycles. The molecule has 1 N–H and O–H groups in total. The third-order valence-corrected chi connectivity index (χ3v) is 7.06. The Morgan fingerprint density at radius 1 is 1.03 bits per heavy atom. The Kier molecular flexibility index (Phi) is 7.41. The van der Waals surface area contributed by atoms with Gasteiger partial charge in [0.05, 0.1) is 17.1 Å². The van der Waals surface area contributed by atoms with Gasteiger partial charge in [0.15, 0.2) is 0 Å². The lowest BCUT2D eigenvalue weighted by molar-refractivity contribution is 0.102. The zero-order valence-electron chi connectivity index (χ0n) is 19.1. The molecule has 0 bridgehead atoms. The van der Waals surface area contributed by atoms with Crippen LogP contribution in [0.5, 0.6) is 5.75 Å². The summed E-state index contributed by atoms with van der Waals surface area (Å²) in [6, 6.07) is 21.8. The molecule has 4 aromatic rings. The molecule has 0 unspecified atom stereocenters. The number of hydrogen-bond donors (Lipinski definition) is 1. The minimum Gasteiger partial charge on any atom is -0.492 e. The van der Waals surface area contributed by atoms with Crippen molar-refractivity contribution in [2.45, 2.75) is 18.4 Å². The number of amides is 1. The van der Waals surface area contributed by atoms with Gasteiger partial charge in [-0.15, -0.1) is 0 Å². The predicted octanol–water partition coefficient (Wildman–Crippen LogP) is 3.82. The summed E-state index contributed by atoms with van der Waals surface area (Å²) in [7, 11) is -3.85. The number of carbonyl (C=O) groups excluding carboxylic acids is 1. The molecule has 9 nitrogen and oxygen atoms in total. The molecule has 10 heteroatoms. The lowest BCUT2D eigenvalue weighted by Crippen LogP contribution is -2.30. The molecule has 0 spiro atoms. The molecule has 3 aromatic carbocycles. The van der Waals surface area contributed by atoms with Gasteiger partial charge in [-0.3, -0.25) is 9.10 Å². The van der Waals surface area contributed by atoms with Crippen LogP contribution in [0, 0.1) is 0 Å². The van der Waals surface area contributed by atoms with Crippen LogP contribution in [0.4, 0.5) is 11.4 Å². The zero-order chi connectivity index (χ0) is 24.7. The second-order valence-corrected chi connectivity index (χ2v) is 9.38. The number of anilines is 2. The van der Waals surface area contributed by atoms with Gasteiger partial charge in [0, 0.05) is 23.9 Å². The fourth-order valence-corrected chi connectivity index (χ4v) is 5.00. The molecule has 0 atom stereocenters. The predicted molar refractivity (Wildman–Crippen MR) is 133 cm³/mol.